The molecule has 2 aliphatic rings. The highest BCUT2D eigenvalue weighted by Gasteiger charge is 2.27. The molecule has 2 aromatic rings. The van der Waals surface area contributed by atoms with Gasteiger partial charge in [0.05, 0.1) is 11.6 Å². The molecule has 5 heteroatoms. The van der Waals surface area contributed by atoms with Gasteiger partial charge in [0, 0.05) is 18.0 Å². The number of carbonyl (C=O) groups excluding carboxylic acids is 1. The molecule has 0 saturated carbocycles. The van der Waals surface area contributed by atoms with Crippen LogP contribution in [0.2, 0.25) is 0 Å². The van der Waals surface area contributed by atoms with Gasteiger partial charge in [-0.1, -0.05) is 60.7 Å². The van der Waals surface area contributed by atoms with Crippen LogP contribution in [0.4, 0.5) is 5.69 Å². The Balaban J connectivity index is 1.50. The number of carboxylic acids is 1. The van der Waals surface area contributed by atoms with Gasteiger partial charge in [-0.2, -0.15) is 0 Å². The fourth-order valence-corrected chi connectivity index (χ4v) is 4.36. The minimum absolute atomic E-state index is 0.152. The molecular weight excluding hydrogens is 414 g/mol. The first-order valence-electron chi connectivity index (χ1n) is 11.5. The van der Waals surface area contributed by atoms with Gasteiger partial charge in [0.2, 0.25) is 0 Å². The Labute approximate surface area is 194 Å². The Morgan fingerprint density at radius 2 is 1.91 bits per heavy atom. The van der Waals surface area contributed by atoms with Crippen molar-refractivity contribution < 1.29 is 19.4 Å². The average molecular weight is 444 g/mol. The van der Waals surface area contributed by atoms with Crippen molar-refractivity contribution in [2.45, 2.75) is 44.8 Å². The van der Waals surface area contributed by atoms with E-state index in [1.165, 1.54) is 5.57 Å². The van der Waals surface area contributed by atoms with Gasteiger partial charge >= 0.3 is 11.9 Å². The molecule has 170 valence electrons. The molecule has 0 aromatic heterocycles. The van der Waals surface area contributed by atoms with Gasteiger partial charge in [0.25, 0.3) is 0 Å². The Morgan fingerprint density at radius 3 is 2.67 bits per heavy atom. The number of rotatable bonds is 9. The average Bonchev–Trinajstić information content (AvgIpc) is 2.85. The molecule has 0 fully saturated rings. The van der Waals surface area contributed by atoms with Crippen LogP contribution in [0.25, 0.3) is 6.08 Å². The second kappa shape index (κ2) is 10.8. The number of hydrogen-bond donors (Lipinski definition) is 2. The highest BCUT2D eigenvalue weighted by molar-refractivity contribution is 5.92. The van der Waals surface area contributed by atoms with Gasteiger partial charge in [-0.05, 0) is 60.6 Å². The van der Waals surface area contributed by atoms with Crippen molar-refractivity contribution in [2.24, 2.45) is 5.92 Å². The van der Waals surface area contributed by atoms with Crippen LogP contribution in [0, 0.1) is 5.92 Å². The number of benzene rings is 2. The van der Waals surface area contributed by atoms with Gasteiger partial charge < -0.3 is 15.2 Å². The van der Waals surface area contributed by atoms with Crippen molar-refractivity contribution in [3.05, 3.63) is 95.1 Å². The molecule has 0 bridgehead atoms. The van der Waals surface area contributed by atoms with Crippen molar-refractivity contribution in [2.75, 3.05) is 5.32 Å². The van der Waals surface area contributed by atoms with E-state index in [4.69, 9.17) is 9.84 Å². The highest BCUT2D eigenvalue weighted by Crippen LogP contribution is 2.35. The maximum absolute atomic E-state index is 12.6. The zero-order chi connectivity index (χ0) is 23.0. The number of esters is 1. The molecule has 2 N–H and O–H groups in total. The SMILES string of the molecule is O=C(O)CCCCC1=Cc2cc(C(=O)OCc3ccccc3)ccc2NC1C1C=CC=CC1. The quantitative estimate of drug-likeness (QED) is 0.367. The summed E-state index contributed by atoms with van der Waals surface area (Å²) in [5.74, 6) is -0.767. The minimum atomic E-state index is -0.758. The van der Waals surface area contributed by atoms with Crippen LogP contribution in [0.15, 0.2) is 78.4 Å². The molecule has 0 saturated heterocycles. The third-order valence-electron chi connectivity index (χ3n) is 6.10. The van der Waals surface area contributed by atoms with E-state index in [9.17, 15) is 9.59 Å². The topological polar surface area (TPSA) is 75.6 Å². The van der Waals surface area contributed by atoms with E-state index in [0.717, 1.165) is 36.1 Å². The number of nitrogens with one attached hydrogen (secondary N) is 1. The second-order valence-corrected chi connectivity index (χ2v) is 8.52. The van der Waals surface area contributed by atoms with E-state index < -0.39 is 5.97 Å². The van der Waals surface area contributed by atoms with Crippen molar-refractivity contribution in [1.82, 2.24) is 0 Å². The number of allylic oxidation sites excluding steroid dienone is 3. The zero-order valence-electron chi connectivity index (χ0n) is 18.6. The molecule has 1 aliphatic carbocycles. The Bertz CT molecular complexity index is 1080. The van der Waals surface area contributed by atoms with Gasteiger partial charge in [-0.25, -0.2) is 4.79 Å². The highest BCUT2D eigenvalue weighted by atomic mass is 16.5. The summed E-state index contributed by atoms with van der Waals surface area (Å²) < 4.78 is 5.50. The molecular formula is C28H29NO4. The predicted octanol–water partition coefficient (Wildman–Crippen LogP) is 6.00. The maximum Gasteiger partial charge on any atom is 0.338 e. The monoisotopic (exact) mass is 443 g/mol. The molecule has 5 nitrogen and oxygen atoms in total. The number of anilines is 1. The van der Waals surface area contributed by atoms with Crippen molar-refractivity contribution in [3.63, 3.8) is 0 Å². The largest absolute Gasteiger partial charge is 0.481 e. The van der Waals surface area contributed by atoms with Crippen LogP contribution in [0.3, 0.4) is 0 Å². The minimum Gasteiger partial charge on any atom is -0.481 e. The van der Waals surface area contributed by atoms with E-state index in [1.54, 1.807) is 6.07 Å². The molecule has 2 aromatic carbocycles. The maximum atomic E-state index is 12.6. The molecule has 4 rings (SSSR count). The van der Waals surface area contributed by atoms with Crippen molar-refractivity contribution >= 4 is 23.7 Å². The Hall–Kier alpha value is -3.60. The number of aliphatic carboxylic acids is 1. The molecule has 2 unspecified atom stereocenters. The van der Waals surface area contributed by atoms with Crippen molar-refractivity contribution in [1.29, 1.82) is 0 Å². The first-order chi connectivity index (χ1) is 16.1. The molecule has 2 atom stereocenters. The van der Waals surface area contributed by atoms with E-state index in [2.05, 4.69) is 35.7 Å². The van der Waals surface area contributed by atoms with Gasteiger partial charge in [-0.15, -0.1) is 0 Å². The Morgan fingerprint density at radius 1 is 1.06 bits per heavy atom. The lowest BCUT2D eigenvalue weighted by molar-refractivity contribution is -0.137. The standard InChI is InChI=1S/C28H29NO4/c30-26(31)14-8-7-13-22-17-24-18-23(28(32)33-19-20-9-3-1-4-10-20)15-16-25(24)29-27(22)21-11-5-2-6-12-21/h1-6,9-11,15-18,21,27,29H,7-8,12-14,19H2,(H,30,31). The summed E-state index contributed by atoms with van der Waals surface area (Å²) in [4.78, 5) is 23.5. The number of ether oxygens (including phenoxy) is 1. The van der Waals surface area contributed by atoms with Crippen LogP contribution in [0.5, 0.6) is 0 Å². The lowest BCUT2D eigenvalue weighted by Gasteiger charge is -2.34. The smallest absolute Gasteiger partial charge is 0.338 e. The number of hydrogen-bond acceptors (Lipinski definition) is 4. The molecule has 0 spiro atoms. The number of carboxylic acid groups (broad SMARTS) is 1. The van der Waals surface area contributed by atoms with Crippen LogP contribution in [0.1, 0.15) is 53.6 Å². The van der Waals surface area contributed by atoms with Crippen LogP contribution in [-0.4, -0.2) is 23.1 Å². The molecule has 1 heterocycles. The summed E-state index contributed by atoms with van der Waals surface area (Å²) in [6.45, 7) is 0.239. The Kier molecular flexibility index (Phi) is 7.40. The first-order valence-corrected chi connectivity index (χ1v) is 11.5. The van der Waals surface area contributed by atoms with Crippen molar-refractivity contribution in [3.8, 4) is 0 Å². The summed E-state index contributed by atoms with van der Waals surface area (Å²) in [5, 5.41) is 12.6. The number of carbonyl (C=O) groups is 2. The van der Waals surface area contributed by atoms with Crippen LogP contribution in [-0.2, 0) is 16.1 Å². The summed E-state index contributed by atoms with van der Waals surface area (Å²) in [7, 11) is 0. The van der Waals surface area contributed by atoms with E-state index in [1.807, 2.05) is 42.5 Å². The summed E-state index contributed by atoms with van der Waals surface area (Å²) in [6, 6.07) is 15.4. The normalized spacial score (nSPS) is 18.7. The van der Waals surface area contributed by atoms with E-state index in [-0.39, 0.29) is 25.0 Å². The zero-order valence-corrected chi connectivity index (χ0v) is 18.6. The fraction of sp³-hybridized carbons (Fsp3) is 0.286. The van der Waals surface area contributed by atoms with Crippen LogP contribution < -0.4 is 5.32 Å². The number of fused-ring (bicyclic) bond motifs is 1. The van der Waals surface area contributed by atoms with E-state index in [0.29, 0.717) is 17.9 Å². The lowest BCUT2D eigenvalue weighted by Crippen LogP contribution is -2.33. The summed E-state index contributed by atoms with van der Waals surface area (Å²) >= 11 is 0. The molecule has 0 radical (unpaired) electrons. The second-order valence-electron chi connectivity index (χ2n) is 8.52. The fourth-order valence-electron chi connectivity index (χ4n) is 4.36. The molecule has 1 aliphatic heterocycles. The molecule has 33 heavy (non-hydrogen) atoms. The first kappa shape index (κ1) is 22.6. The predicted molar refractivity (Wildman–Crippen MR) is 130 cm³/mol. The van der Waals surface area contributed by atoms with Crippen LogP contribution >= 0.6 is 0 Å². The summed E-state index contributed by atoms with van der Waals surface area (Å²) in [5.41, 5.74) is 4.67. The molecule has 0 amide bonds. The van der Waals surface area contributed by atoms with E-state index >= 15 is 0 Å². The number of unbranched alkanes of at least 4 members (excludes halogenated alkanes) is 1. The third-order valence-corrected chi connectivity index (χ3v) is 6.10. The lowest BCUT2D eigenvalue weighted by atomic mass is 9.82. The van der Waals surface area contributed by atoms with Gasteiger partial charge in [-0.3, -0.25) is 4.79 Å². The van der Waals surface area contributed by atoms with Gasteiger partial charge in [0.15, 0.2) is 0 Å². The third kappa shape index (κ3) is 6.01. The van der Waals surface area contributed by atoms with Gasteiger partial charge in [0.1, 0.15) is 6.61 Å². The summed E-state index contributed by atoms with van der Waals surface area (Å²) in [6.07, 6.45) is 14.1.